The average Bonchev–Trinajstić information content (AvgIpc) is 2.18. The van der Waals surface area contributed by atoms with Gasteiger partial charge in [0, 0.05) is 0 Å². The van der Waals surface area contributed by atoms with E-state index in [0.717, 1.165) is 24.0 Å². The van der Waals surface area contributed by atoms with Gasteiger partial charge in [0.05, 0.1) is 6.10 Å². The molecule has 0 radical (unpaired) electrons. The van der Waals surface area contributed by atoms with Gasteiger partial charge in [0.25, 0.3) is 0 Å². The summed E-state index contributed by atoms with van der Waals surface area (Å²) in [6.45, 7) is 4.67. The quantitative estimate of drug-likeness (QED) is 0.779. The molecule has 0 saturated heterocycles. The molecule has 0 bridgehead atoms. The lowest BCUT2D eigenvalue weighted by molar-refractivity contribution is 0.0550. The minimum Gasteiger partial charge on any atom is -0.393 e. The van der Waals surface area contributed by atoms with Crippen LogP contribution in [0.15, 0.2) is 0 Å². The Morgan fingerprint density at radius 3 is 2.57 bits per heavy atom. The van der Waals surface area contributed by atoms with Gasteiger partial charge in [-0.3, -0.25) is 0 Å². The van der Waals surface area contributed by atoms with Crippen molar-refractivity contribution in [3.8, 4) is 0 Å². The van der Waals surface area contributed by atoms with Crippen LogP contribution in [0, 0.1) is 17.8 Å². The lowest BCUT2D eigenvalue weighted by atomic mass is 9.73. The van der Waals surface area contributed by atoms with Gasteiger partial charge in [-0.05, 0) is 49.0 Å². The maximum atomic E-state index is 10.00. The van der Waals surface area contributed by atoms with Crippen LogP contribution >= 0.6 is 11.8 Å². The van der Waals surface area contributed by atoms with Crippen molar-refractivity contribution in [1.82, 2.24) is 0 Å². The third kappa shape index (κ3) is 3.47. The highest BCUT2D eigenvalue weighted by molar-refractivity contribution is 7.98. The summed E-state index contributed by atoms with van der Waals surface area (Å²) >= 11 is 1.84. The summed E-state index contributed by atoms with van der Waals surface area (Å²) in [6.07, 6.45) is 6.82. The molecule has 1 aliphatic carbocycles. The van der Waals surface area contributed by atoms with Crippen LogP contribution in [0.2, 0.25) is 0 Å². The van der Waals surface area contributed by atoms with Crippen molar-refractivity contribution in [2.24, 2.45) is 17.8 Å². The summed E-state index contributed by atoms with van der Waals surface area (Å²) in [7, 11) is 0. The zero-order valence-corrected chi connectivity index (χ0v) is 10.5. The van der Waals surface area contributed by atoms with E-state index in [4.69, 9.17) is 0 Å². The molecular weight excluding hydrogens is 192 g/mol. The van der Waals surface area contributed by atoms with Gasteiger partial charge in [-0.1, -0.05) is 20.3 Å². The van der Waals surface area contributed by atoms with Crippen LogP contribution in [0.4, 0.5) is 0 Å². The molecule has 0 aromatic heterocycles. The average molecular weight is 216 g/mol. The maximum Gasteiger partial charge on any atom is 0.0576 e. The first-order valence-electron chi connectivity index (χ1n) is 5.82. The Morgan fingerprint density at radius 1 is 1.29 bits per heavy atom. The van der Waals surface area contributed by atoms with Gasteiger partial charge >= 0.3 is 0 Å². The van der Waals surface area contributed by atoms with Crippen LogP contribution in [0.3, 0.4) is 0 Å². The Labute approximate surface area is 92.7 Å². The van der Waals surface area contributed by atoms with Gasteiger partial charge in [0.15, 0.2) is 0 Å². The van der Waals surface area contributed by atoms with Crippen molar-refractivity contribution < 1.29 is 5.11 Å². The smallest absolute Gasteiger partial charge is 0.0576 e. The summed E-state index contributed by atoms with van der Waals surface area (Å²) in [5.41, 5.74) is 0. The summed E-state index contributed by atoms with van der Waals surface area (Å²) in [6, 6.07) is 0. The summed E-state index contributed by atoms with van der Waals surface area (Å²) in [5, 5.41) is 10.00. The second-order valence-corrected chi connectivity index (χ2v) is 5.86. The van der Waals surface area contributed by atoms with Crippen LogP contribution in [0.1, 0.15) is 39.5 Å². The molecule has 0 aromatic carbocycles. The fourth-order valence-corrected chi connectivity index (χ4v) is 2.89. The van der Waals surface area contributed by atoms with E-state index in [1.165, 1.54) is 19.3 Å². The molecular formula is C12H24OS. The first kappa shape index (κ1) is 12.4. The van der Waals surface area contributed by atoms with Crippen molar-refractivity contribution in [3.63, 3.8) is 0 Å². The number of hydrogen-bond acceptors (Lipinski definition) is 2. The van der Waals surface area contributed by atoms with Crippen LogP contribution in [-0.2, 0) is 0 Å². The zero-order valence-electron chi connectivity index (χ0n) is 9.70. The minimum absolute atomic E-state index is 0.0441. The van der Waals surface area contributed by atoms with Crippen molar-refractivity contribution in [2.75, 3.05) is 12.0 Å². The lowest BCUT2D eigenvalue weighted by Crippen LogP contribution is -2.29. The van der Waals surface area contributed by atoms with Gasteiger partial charge in [0.1, 0.15) is 0 Å². The van der Waals surface area contributed by atoms with Crippen molar-refractivity contribution in [2.45, 2.75) is 45.6 Å². The Morgan fingerprint density at radius 2 is 2.00 bits per heavy atom. The summed E-state index contributed by atoms with van der Waals surface area (Å²) < 4.78 is 0. The molecule has 1 saturated carbocycles. The second kappa shape index (κ2) is 6.02. The molecule has 0 spiro atoms. The third-order valence-corrected chi connectivity index (χ3v) is 4.44. The molecule has 4 unspecified atom stereocenters. The normalized spacial score (nSPS) is 35.6. The number of rotatable bonds is 4. The van der Waals surface area contributed by atoms with E-state index in [9.17, 15) is 5.11 Å². The lowest BCUT2D eigenvalue weighted by Gasteiger charge is -2.34. The standard InChI is InChI=1S/C12H24OS/c1-9-4-5-11(8-10(9)2)12(13)6-7-14-3/h9-13H,4-8H2,1-3H3. The molecule has 0 amide bonds. The van der Waals surface area contributed by atoms with Crippen molar-refractivity contribution in [3.05, 3.63) is 0 Å². The van der Waals surface area contributed by atoms with Crippen LogP contribution in [0.25, 0.3) is 0 Å². The van der Waals surface area contributed by atoms with Gasteiger partial charge in [0.2, 0.25) is 0 Å². The zero-order chi connectivity index (χ0) is 10.6. The van der Waals surface area contributed by atoms with E-state index in [1.54, 1.807) is 0 Å². The number of aliphatic hydroxyl groups excluding tert-OH is 1. The molecule has 84 valence electrons. The molecule has 14 heavy (non-hydrogen) atoms. The molecule has 0 heterocycles. The van der Waals surface area contributed by atoms with E-state index in [2.05, 4.69) is 20.1 Å². The topological polar surface area (TPSA) is 20.2 Å². The molecule has 1 fully saturated rings. The summed E-state index contributed by atoms with van der Waals surface area (Å²) in [5.74, 6) is 3.34. The fourth-order valence-electron chi connectivity index (χ4n) is 2.41. The van der Waals surface area contributed by atoms with E-state index in [0.29, 0.717) is 5.92 Å². The molecule has 1 aliphatic rings. The van der Waals surface area contributed by atoms with E-state index >= 15 is 0 Å². The number of thioether (sulfide) groups is 1. The number of aliphatic hydroxyl groups is 1. The Hall–Kier alpha value is 0.310. The molecule has 2 heteroatoms. The highest BCUT2D eigenvalue weighted by Gasteiger charge is 2.28. The van der Waals surface area contributed by atoms with E-state index in [-0.39, 0.29) is 6.10 Å². The largest absolute Gasteiger partial charge is 0.393 e. The first-order chi connectivity index (χ1) is 6.65. The fraction of sp³-hybridized carbons (Fsp3) is 1.00. The molecule has 1 rings (SSSR count). The molecule has 0 aliphatic heterocycles. The molecule has 0 aromatic rings. The highest BCUT2D eigenvalue weighted by Crippen LogP contribution is 2.35. The monoisotopic (exact) mass is 216 g/mol. The minimum atomic E-state index is -0.0441. The second-order valence-electron chi connectivity index (χ2n) is 4.88. The van der Waals surface area contributed by atoms with Crippen LogP contribution in [-0.4, -0.2) is 23.2 Å². The first-order valence-corrected chi connectivity index (χ1v) is 7.21. The van der Waals surface area contributed by atoms with E-state index < -0.39 is 0 Å². The van der Waals surface area contributed by atoms with Crippen molar-refractivity contribution in [1.29, 1.82) is 0 Å². The van der Waals surface area contributed by atoms with Crippen LogP contribution in [0.5, 0.6) is 0 Å². The predicted molar refractivity (Wildman–Crippen MR) is 64.7 cm³/mol. The molecule has 1 nitrogen and oxygen atoms in total. The summed E-state index contributed by atoms with van der Waals surface area (Å²) in [4.78, 5) is 0. The molecule has 4 atom stereocenters. The van der Waals surface area contributed by atoms with E-state index in [1.807, 2.05) is 11.8 Å². The maximum absolute atomic E-state index is 10.00. The van der Waals surface area contributed by atoms with Gasteiger partial charge in [-0.15, -0.1) is 0 Å². The predicted octanol–water partition coefficient (Wildman–Crippen LogP) is 3.17. The molecule has 1 N–H and O–H groups in total. The van der Waals surface area contributed by atoms with Crippen LogP contribution < -0.4 is 0 Å². The Bertz CT molecular complexity index is 160. The van der Waals surface area contributed by atoms with Gasteiger partial charge in [-0.25, -0.2) is 0 Å². The number of hydrogen-bond donors (Lipinski definition) is 1. The SMILES string of the molecule is CSCCC(O)C1CCC(C)C(C)C1. The third-order valence-electron chi connectivity index (χ3n) is 3.80. The Balaban J connectivity index is 2.30. The Kier molecular flexibility index (Phi) is 5.32. The van der Waals surface area contributed by atoms with Gasteiger partial charge in [-0.2, -0.15) is 11.8 Å². The van der Waals surface area contributed by atoms with Crippen molar-refractivity contribution >= 4 is 11.8 Å². The van der Waals surface area contributed by atoms with Gasteiger partial charge < -0.3 is 5.11 Å². The highest BCUT2D eigenvalue weighted by atomic mass is 32.2.